The van der Waals surface area contributed by atoms with Gasteiger partial charge in [0.05, 0.1) is 57.3 Å². The fourth-order valence-electron chi connectivity index (χ4n) is 4.67. The Labute approximate surface area is 341 Å². The van der Waals surface area contributed by atoms with Gasteiger partial charge in [-0.3, -0.25) is 13.7 Å². The number of anilines is 2. The van der Waals surface area contributed by atoms with Gasteiger partial charge in [-0.1, -0.05) is 6.07 Å². The Morgan fingerprint density at radius 1 is 0.583 bits per heavy atom. The number of carbonyl (C=O) groups is 1. The summed E-state index contributed by atoms with van der Waals surface area (Å²) in [5, 5.41) is 33.7. The van der Waals surface area contributed by atoms with Crippen LogP contribution in [-0.4, -0.2) is 91.5 Å². The van der Waals surface area contributed by atoms with Crippen LogP contribution >= 0.6 is 0 Å². The largest absolute Gasteiger partial charge is 0.478 e. The van der Waals surface area contributed by atoms with Crippen molar-refractivity contribution in [3.05, 3.63) is 77.9 Å². The number of nitrogens with two attached hydrogens (primary N) is 2. The molecule has 0 aliphatic carbocycles. The average molecular weight is 935 g/mol. The van der Waals surface area contributed by atoms with E-state index < -0.39 is 126 Å². The molecule has 0 heterocycles. The molecule has 4 rings (SSSR count). The molecule has 0 radical (unpaired) electrons. The number of rotatable bonds is 18. The lowest BCUT2D eigenvalue weighted by Gasteiger charge is -2.13. The molecule has 0 aliphatic rings. The van der Waals surface area contributed by atoms with Crippen LogP contribution in [0, 0.1) is 6.92 Å². The summed E-state index contributed by atoms with van der Waals surface area (Å²) in [7, 11) is -23.0. The first kappa shape index (κ1) is 47.0. The molecule has 4 aromatic carbocycles. The Bertz CT molecular complexity index is 2980. The lowest BCUT2D eigenvalue weighted by molar-refractivity contribution is 0.0698. The number of nitrogens with zero attached hydrogens (tertiary/aromatic N) is 6. The standard InChI is InChI=1S/C30H30N8O17S5/c1-17-2-11-22(23(16-17)58(45,46)47)35-37-28-24(30(39)40)27(36-33-18-3-7-20(8-4-18)56(41,42)14-12-54-59(48,49)50)25(31)29(26(28)32)38-34-19-5-9-21(10-6-19)57(43,44)15-13-55-60(51,52)53/h2-11,16H,12-15,31-32H2,1H3,(H,39,40)(H,45,46,47)(H,48,49,50)(H,51,52,53)/b36-33?,37-35?,38-34-. The smallest absolute Gasteiger partial charge is 0.397 e. The van der Waals surface area contributed by atoms with E-state index in [9.17, 15) is 56.5 Å². The van der Waals surface area contributed by atoms with Gasteiger partial charge in [-0.15, -0.1) is 20.5 Å². The number of aromatic carboxylic acids is 1. The molecule has 0 aliphatic heterocycles. The minimum atomic E-state index is -4.90. The van der Waals surface area contributed by atoms with Crippen molar-refractivity contribution in [2.24, 2.45) is 30.7 Å². The molecule has 0 bridgehead atoms. The van der Waals surface area contributed by atoms with Gasteiger partial charge in [0, 0.05) is 0 Å². The van der Waals surface area contributed by atoms with Gasteiger partial charge in [0.15, 0.2) is 19.7 Å². The summed E-state index contributed by atoms with van der Waals surface area (Å²) >= 11 is 0. The maximum absolute atomic E-state index is 12.7. The lowest BCUT2D eigenvalue weighted by Crippen LogP contribution is -2.15. The molecule has 30 heteroatoms. The normalized spacial score (nSPS) is 13.1. The number of nitrogen functional groups attached to an aromatic ring is 2. The SMILES string of the molecule is Cc1ccc(N=Nc2c(N)c(/N=N\c3ccc(S(=O)(=O)CCOS(=O)(=O)O)cc3)c(N)c(N=Nc3ccc(S(=O)(=O)CCOS(=O)(=O)O)cc3)c2C(=O)O)c(S(=O)(=O)O)c1. The van der Waals surface area contributed by atoms with Crippen LogP contribution in [0.25, 0.3) is 0 Å². The Morgan fingerprint density at radius 2 is 0.983 bits per heavy atom. The molecular weight excluding hydrogens is 905 g/mol. The van der Waals surface area contributed by atoms with E-state index in [1.165, 1.54) is 13.0 Å². The highest BCUT2D eigenvalue weighted by Crippen LogP contribution is 2.49. The van der Waals surface area contributed by atoms with Crippen molar-refractivity contribution in [1.82, 2.24) is 0 Å². The van der Waals surface area contributed by atoms with Gasteiger partial charge in [0.1, 0.15) is 33.2 Å². The van der Waals surface area contributed by atoms with Crippen LogP contribution < -0.4 is 11.5 Å². The van der Waals surface area contributed by atoms with Gasteiger partial charge >= 0.3 is 26.8 Å². The molecule has 0 atom stereocenters. The minimum Gasteiger partial charge on any atom is -0.478 e. The van der Waals surface area contributed by atoms with E-state index in [1.807, 2.05) is 0 Å². The van der Waals surface area contributed by atoms with Gasteiger partial charge in [-0.2, -0.15) is 35.5 Å². The van der Waals surface area contributed by atoms with Crippen molar-refractivity contribution in [1.29, 1.82) is 0 Å². The van der Waals surface area contributed by atoms with Gasteiger partial charge in [0.25, 0.3) is 10.1 Å². The van der Waals surface area contributed by atoms with Crippen molar-refractivity contribution in [3.8, 4) is 0 Å². The third-order valence-corrected chi connectivity index (χ3v) is 12.7. The van der Waals surface area contributed by atoms with E-state index in [0.717, 1.165) is 60.7 Å². The number of hydrogen-bond donors (Lipinski definition) is 6. The minimum absolute atomic E-state index is 0.0485. The van der Waals surface area contributed by atoms with E-state index in [2.05, 4.69) is 39.1 Å². The number of azo groups is 3. The summed E-state index contributed by atoms with van der Waals surface area (Å²) in [6, 6.07) is 12.4. The molecule has 60 heavy (non-hydrogen) atoms. The Morgan fingerprint density at radius 3 is 1.37 bits per heavy atom. The fraction of sp³-hybridized carbons (Fsp3) is 0.167. The highest BCUT2D eigenvalue weighted by Gasteiger charge is 2.27. The average Bonchev–Trinajstić information content (AvgIpc) is 3.12. The first-order valence-corrected chi connectivity index (χ1v) is 23.4. The van der Waals surface area contributed by atoms with Crippen LogP contribution in [-0.2, 0) is 59.0 Å². The molecule has 25 nitrogen and oxygen atoms in total. The summed E-state index contributed by atoms with van der Waals surface area (Å²) in [6.45, 7) is -0.281. The lowest BCUT2D eigenvalue weighted by atomic mass is 10.1. The first-order valence-electron chi connectivity index (χ1n) is 15.9. The van der Waals surface area contributed by atoms with Crippen LogP contribution in [0.4, 0.5) is 45.5 Å². The monoisotopic (exact) mass is 934 g/mol. The van der Waals surface area contributed by atoms with Gasteiger partial charge in [-0.05, 0) is 73.2 Å². The molecule has 0 saturated carbocycles. The van der Waals surface area contributed by atoms with Crippen LogP contribution in [0.5, 0.6) is 0 Å². The van der Waals surface area contributed by atoms with Crippen LogP contribution in [0.2, 0.25) is 0 Å². The topological polar surface area (TPSA) is 413 Å². The molecular formula is C30H30N8O17S5. The molecule has 4 aromatic rings. The zero-order valence-electron chi connectivity index (χ0n) is 30.2. The summed E-state index contributed by atoms with van der Waals surface area (Å²) in [6.07, 6.45) is 0. The third kappa shape index (κ3) is 12.7. The summed E-state index contributed by atoms with van der Waals surface area (Å²) in [4.78, 5) is 11.4. The number of benzene rings is 4. The van der Waals surface area contributed by atoms with E-state index in [-0.39, 0.29) is 21.2 Å². The first-order chi connectivity index (χ1) is 27.7. The maximum Gasteiger partial charge on any atom is 0.397 e. The van der Waals surface area contributed by atoms with Gasteiger partial charge in [-0.25, -0.2) is 30.0 Å². The zero-order chi connectivity index (χ0) is 44.8. The summed E-state index contributed by atoms with van der Waals surface area (Å²) in [5.41, 5.74) is 8.43. The number of aryl methyl sites for hydroxylation is 1. The van der Waals surface area contributed by atoms with Crippen molar-refractivity contribution < 1.29 is 74.0 Å². The second-order valence-electron chi connectivity index (χ2n) is 11.7. The molecule has 322 valence electrons. The third-order valence-electron chi connectivity index (χ3n) is 7.45. The number of hydrogen-bond acceptors (Lipinski definition) is 21. The fourth-order valence-corrected chi connectivity index (χ4v) is 8.36. The van der Waals surface area contributed by atoms with E-state index in [1.54, 1.807) is 0 Å². The molecule has 0 fully saturated rings. The van der Waals surface area contributed by atoms with Crippen molar-refractivity contribution in [2.45, 2.75) is 21.6 Å². The molecule has 0 spiro atoms. The van der Waals surface area contributed by atoms with Crippen molar-refractivity contribution in [3.63, 3.8) is 0 Å². The number of carboxylic acids is 1. The van der Waals surface area contributed by atoms with Crippen molar-refractivity contribution >= 4 is 102 Å². The Balaban J connectivity index is 1.82. The second kappa shape index (κ2) is 18.3. The maximum atomic E-state index is 12.7. The Hall–Kier alpha value is -5.70. The summed E-state index contributed by atoms with van der Waals surface area (Å²) < 4.78 is 153. The second-order valence-corrected chi connectivity index (χ2v) is 19.5. The van der Waals surface area contributed by atoms with Crippen LogP contribution in [0.15, 0.2) is 112 Å². The van der Waals surface area contributed by atoms with E-state index >= 15 is 0 Å². The van der Waals surface area contributed by atoms with Gasteiger partial charge < -0.3 is 16.6 Å². The summed E-state index contributed by atoms with van der Waals surface area (Å²) in [5.74, 6) is -3.46. The van der Waals surface area contributed by atoms with Crippen molar-refractivity contribution in [2.75, 3.05) is 36.2 Å². The quantitative estimate of drug-likeness (QED) is 0.0453. The Kier molecular flexibility index (Phi) is 14.3. The predicted octanol–water partition coefficient (Wildman–Crippen LogP) is 4.54. The van der Waals surface area contributed by atoms with E-state index in [0.29, 0.717) is 5.56 Å². The number of carboxylic acid groups (broad SMARTS) is 1. The number of sulfone groups is 2. The molecule has 0 aromatic heterocycles. The van der Waals surface area contributed by atoms with E-state index in [4.69, 9.17) is 20.6 Å². The highest BCUT2D eigenvalue weighted by molar-refractivity contribution is 7.91. The zero-order valence-corrected chi connectivity index (χ0v) is 34.2. The molecule has 0 amide bonds. The van der Waals surface area contributed by atoms with Gasteiger partial charge in [0.2, 0.25) is 0 Å². The van der Waals surface area contributed by atoms with Crippen LogP contribution in [0.1, 0.15) is 15.9 Å². The molecule has 0 unspecified atom stereocenters. The molecule has 0 saturated heterocycles. The molecule has 8 N–H and O–H groups in total. The predicted molar refractivity (Wildman–Crippen MR) is 208 cm³/mol. The van der Waals surface area contributed by atoms with Crippen LogP contribution in [0.3, 0.4) is 0 Å². The highest BCUT2D eigenvalue weighted by atomic mass is 32.3.